The van der Waals surface area contributed by atoms with Crippen LogP contribution in [0.3, 0.4) is 0 Å². The van der Waals surface area contributed by atoms with Crippen LogP contribution in [-0.4, -0.2) is 0 Å². The third kappa shape index (κ3) is 7.92. The zero-order chi connectivity index (χ0) is 46.1. The predicted molar refractivity (Wildman–Crippen MR) is 293 cm³/mol. The Labute approximate surface area is 403 Å². The largest absolute Gasteiger partial charge is 0.314 e. The normalized spacial score (nSPS) is 13.0. The Morgan fingerprint density at radius 3 is 1.66 bits per heavy atom. The lowest BCUT2D eigenvalue weighted by molar-refractivity contribution is 0.895. The van der Waals surface area contributed by atoms with Crippen LogP contribution in [0.1, 0.15) is 85.0 Å². The van der Waals surface area contributed by atoms with Crippen LogP contribution in [0.5, 0.6) is 0 Å². The minimum absolute atomic E-state index is 0.906. The third-order valence-electron chi connectivity index (χ3n) is 14.7. The average Bonchev–Trinajstić information content (AvgIpc) is 3.40. The van der Waals surface area contributed by atoms with E-state index in [0.717, 1.165) is 62.7 Å². The summed E-state index contributed by atoms with van der Waals surface area (Å²) in [6.07, 6.45) is 15.3. The molecule has 0 N–H and O–H groups in total. The Bertz CT molecular complexity index is 3390. The van der Waals surface area contributed by atoms with Crippen molar-refractivity contribution < 1.29 is 0 Å². The number of aryl methyl sites for hydroxylation is 5. The molecule has 2 aliphatic rings. The Kier molecular flexibility index (Phi) is 11.9. The molecule has 9 aromatic carbocycles. The van der Waals surface area contributed by atoms with Crippen molar-refractivity contribution in [1.82, 2.24) is 0 Å². The molecular weight excluding hydrogens is 821 g/mol. The number of anilines is 5. The molecule has 9 aromatic rings. The van der Waals surface area contributed by atoms with Gasteiger partial charge >= 0.3 is 0 Å². The van der Waals surface area contributed by atoms with Crippen LogP contribution in [0.25, 0.3) is 56.0 Å². The second kappa shape index (κ2) is 18.7. The lowest BCUT2D eigenvalue weighted by Gasteiger charge is -2.34. The van der Waals surface area contributed by atoms with Gasteiger partial charge < -0.3 is 9.80 Å². The summed E-state index contributed by atoms with van der Waals surface area (Å²) < 4.78 is 0. The topological polar surface area (TPSA) is 6.48 Å². The van der Waals surface area contributed by atoms with Crippen molar-refractivity contribution >= 4 is 62.1 Å². The van der Waals surface area contributed by atoms with Crippen LogP contribution in [0.4, 0.5) is 28.4 Å². The molecule has 0 radical (unpaired) electrons. The summed E-state index contributed by atoms with van der Waals surface area (Å²) in [7, 11) is 0. The molecule has 0 saturated heterocycles. The van der Waals surface area contributed by atoms with Gasteiger partial charge in [0.15, 0.2) is 0 Å². The van der Waals surface area contributed by atoms with E-state index in [1.807, 2.05) is 0 Å². The van der Waals surface area contributed by atoms with Gasteiger partial charge in [0, 0.05) is 34.1 Å². The van der Waals surface area contributed by atoms with Crippen LogP contribution in [-0.2, 0) is 38.5 Å². The number of allylic oxidation sites excluding steroid dienone is 2. The quantitative estimate of drug-likeness (QED) is 0.121. The number of hydrogen-bond donors (Lipinski definition) is 0. The second-order valence-corrected chi connectivity index (χ2v) is 18.6. The molecule has 0 aliphatic heterocycles. The van der Waals surface area contributed by atoms with Crippen LogP contribution in [0.15, 0.2) is 188 Å². The van der Waals surface area contributed by atoms with Gasteiger partial charge in [0.05, 0.1) is 0 Å². The lowest BCUT2D eigenvalue weighted by Crippen LogP contribution is -2.20. The summed E-state index contributed by atoms with van der Waals surface area (Å²) in [5, 5.41) is 5.01. The van der Waals surface area contributed by atoms with Gasteiger partial charge in [0.1, 0.15) is 0 Å². The summed E-state index contributed by atoms with van der Waals surface area (Å²) >= 11 is 0. The smallest absolute Gasteiger partial charge is 0.0468 e. The van der Waals surface area contributed by atoms with E-state index in [2.05, 4.69) is 232 Å². The van der Waals surface area contributed by atoms with E-state index in [1.165, 1.54) is 111 Å². The first-order chi connectivity index (χ1) is 33.5. The molecule has 0 saturated carbocycles. The Balaban J connectivity index is 1.18. The first-order valence-electron chi connectivity index (χ1n) is 25.1. The van der Waals surface area contributed by atoms with Crippen molar-refractivity contribution in [3.8, 4) is 22.3 Å². The van der Waals surface area contributed by atoms with Gasteiger partial charge in [-0.3, -0.25) is 0 Å². The number of nitrogens with zero attached hydrogens (tertiary/aromatic N) is 2. The van der Waals surface area contributed by atoms with Gasteiger partial charge in [-0.25, -0.2) is 0 Å². The van der Waals surface area contributed by atoms with Crippen molar-refractivity contribution in [1.29, 1.82) is 0 Å². The maximum absolute atomic E-state index is 2.57. The predicted octanol–water partition coefficient (Wildman–Crippen LogP) is 18.1. The minimum atomic E-state index is 0.906. The molecule has 11 rings (SSSR count). The fourth-order valence-electron chi connectivity index (χ4n) is 11.3. The van der Waals surface area contributed by atoms with Crippen LogP contribution in [0.2, 0.25) is 0 Å². The van der Waals surface area contributed by atoms with Crippen molar-refractivity contribution in [3.05, 3.63) is 232 Å². The van der Waals surface area contributed by atoms with Gasteiger partial charge in [0.2, 0.25) is 0 Å². The zero-order valence-electron chi connectivity index (χ0n) is 40.0. The summed E-state index contributed by atoms with van der Waals surface area (Å²) in [5.74, 6) is 0. The second-order valence-electron chi connectivity index (χ2n) is 18.6. The molecule has 0 heterocycles. The minimum Gasteiger partial charge on any atom is -0.314 e. The van der Waals surface area contributed by atoms with Crippen LogP contribution >= 0.6 is 0 Å². The molecule has 2 heteroatoms. The van der Waals surface area contributed by atoms with Gasteiger partial charge in [-0.05, 0) is 206 Å². The zero-order valence-corrected chi connectivity index (χ0v) is 40.0. The van der Waals surface area contributed by atoms with E-state index >= 15 is 0 Å². The summed E-state index contributed by atoms with van der Waals surface area (Å²) in [6, 6.07) is 66.7. The number of rotatable bonds is 12. The molecule has 334 valence electrons. The molecule has 2 aliphatic carbocycles. The standard InChI is InChI=1S/C66H60N2/c1-5-45-27-31-55(39-47(45)7-3)67(57-33-29-49-19-15-17-25-53(49)41-57)59-35-37-61-63(43-59)65(51-21-11-9-12-22-51)62-38-36-60(44-64(62)66(61)52-23-13-10-14-24-52)68(56-32-28-46(6-2)48(8-4)40-56)58-34-30-50-20-16-18-26-54(50)42-58/h9-15,17-19,21-35,37,39-44H,5-8,16,20,36,38H2,1-4H3. The van der Waals surface area contributed by atoms with Crippen molar-refractivity contribution in [2.75, 3.05) is 9.80 Å². The molecule has 0 unspecified atom stereocenters. The maximum Gasteiger partial charge on any atom is 0.0468 e. The number of hydrogen-bond acceptors (Lipinski definition) is 2. The molecular formula is C66H60N2. The SMILES string of the molecule is CCc1ccc(N(C2=Cc3c(c(-c4ccccc4)c4cc(N(c5ccc(CC)c(CC)c5)c5ccc6ccccc6c5)ccc4c3-c3ccccc3)CC2)c2ccc3c(c2)C=CCC3)cc1CC. The summed E-state index contributed by atoms with van der Waals surface area (Å²) in [5.41, 5.74) is 23.5. The van der Waals surface area contributed by atoms with Crippen molar-refractivity contribution in [2.24, 2.45) is 0 Å². The highest BCUT2D eigenvalue weighted by atomic mass is 15.2. The van der Waals surface area contributed by atoms with Gasteiger partial charge in [-0.15, -0.1) is 0 Å². The van der Waals surface area contributed by atoms with E-state index < -0.39 is 0 Å². The third-order valence-corrected chi connectivity index (χ3v) is 14.7. The Morgan fingerprint density at radius 2 is 0.971 bits per heavy atom. The monoisotopic (exact) mass is 880 g/mol. The Morgan fingerprint density at radius 1 is 0.412 bits per heavy atom. The molecule has 2 nitrogen and oxygen atoms in total. The first kappa shape index (κ1) is 43.2. The highest BCUT2D eigenvalue weighted by Crippen LogP contribution is 2.49. The fraction of sp³-hybridized carbons (Fsp3) is 0.182. The van der Waals surface area contributed by atoms with Crippen molar-refractivity contribution in [3.63, 3.8) is 0 Å². The first-order valence-corrected chi connectivity index (χ1v) is 25.1. The van der Waals surface area contributed by atoms with E-state index in [4.69, 9.17) is 0 Å². The van der Waals surface area contributed by atoms with Crippen molar-refractivity contribution in [2.45, 2.75) is 79.1 Å². The van der Waals surface area contributed by atoms with E-state index in [-0.39, 0.29) is 0 Å². The Hall–Kier alpha value is -7.42. The maximum atomic E-state index is 2.57. The van der Waals surface area contributed by atoms with Gasteiger partial charge in [-0.2, -0.15) is 0 Å². The molecule has 0 bridgehead atoms. The van der Waals surface area contributed by atoms with Crippen LogP contribution in [0, 0.1) is 0 Å². The lowest BCUT2D eigenvalue weighted by atomic mass is 9.79. The average molecular weight is 881 g/mol. The number of benzene rings is 9. The van der Waals surface area contributed by atoms with E-state index in [9.17, 15) is 0 Å². The van der Waals surface area contributed by atoms with E-state index in [0.29, 0.717) is 0 Å². The molecule has 0 spiro atoms. The molecule has 68 heavy (non-hydrogen) atoms. The highest BCUT2D eigenvalue weighted by Gasteiger charge is 2.28. The summed E-state index contributed by atoms with van der Waals surface area (Å²) in [6.45, 7) is 9.12. The summed E-state index contributed by atoms with van der Waals surface area (Å²) in [4.78, 5) is 5.06. The molecule has 0 aromatic heterocycles. The van der Waals surface area contributed by atoms with Gasteiger partial charge in [-0.1, -0.05) is 155 Å². The molecule has 0 fully saturated rings. The number of fused-ring (bicyclic) bond motifs is 4. The highest BCUT2D eigenvalue weighted by molar-refractivity contribution is 6.12. The molecule has 0 amide bonds. The molecule has 0 atom stereocenters. The fourth-order valence-corrected chi connectivity index (χ4v) is 11.3. The van der Waals surface area contributed by atoms with E-state index in [1.54, 1.807) is 0 Å². The van der Waals surface area contributed by atoms with Gasteiger partial charge in [0.25, 0.3) is 0 Å². The van der Waals surface area contributed by atoms with Crippen LogP contribution < -0.4 is 9.80 Å².